The molecule has 1 fully saturated rings. The minimum atomic E-state index is -0.477. The fraction of sp³-hybridized carbons (Fsp3) is 0.200. The largest absolute Gasteiger partial charge is 0.354 e. The molecular formula is C20H21N3OS. The highest BCUT2D eigenvalue weighted by molar-refractivity contribution is 7.80. The third kappa shape index (κ3) is 3.72. The van der Waals surface area contributed by atoms with E-state index in [0.29, 0.717) is 10.8 Å². The zero-order valence-corrected chi connectivity index (χ0v) is 15.1. The summed E-state index contributed by atoms with van der Waals surface area (Å²) in [5.41, 5.74) is 4.59. The Balaban J connectivity index is 1.89. The Morgan fingerprint density at radius 3 is 2.56 bits per heavy atom. The first-order valence-electron chi connectivity index (χ1n) is 8.15. The normalized spacial score (nSPS) is 19.8. The van der Waals surface area contributed by atoms with Gasteiger partial charge in [-0.05, 0) is 43.3 Å². The molecule has 2 atom stereocenters. The Kier molecular flexibility index (Phi) is 4.86. The van der Waals surface area contributed by atoms with E-state index in [4.69, 9.17) is 12.2 Å². The van der Waals surface area contributed by atoms with E-state index in [-0.39, 0.29) is 11.9 Å². The van der Waals surface area contributed by atoms with Crippen molar-refractivity contribution < 1.29 is 4.79 Å². The van der Waals surface area contributed by atoms with Crippen LogP contribution in [-0.2, 0) is 4.79 Å². The van der Waals surface area contributed by atoms with E-state index in [9.17, 15) is 4.79 Å². The summed E-state index contributed by atoms with van der Waals surface area (Å²) < 4.78 is 0. The lowest BCUT2D eigenvalue weighted by Crippen LogP contribution is -2.51. The SMILES string of the molecule is C=C1NC(=S)NC(c2ccccc2)C1C(=O)Nc1ccc(C)cc1C. The molecule has 0 saturated carbocycles. The number of hydrogen-bond donors (Lipinski definition) is 3. The molecular weight excluding hydrogens is 330 g/mol. The number of nitrogens with one attached hydrogen (secondary N) is 3. The van der Waals surface area contributed by atoms with Crippen molar-refractivity contribution in [3.8, 4) is 0 Å². The van der Waals surface area contributed by atoms with Crippen LogP contribution < -0.4 is 16.0 Å². The third-order valence-electron chi connectivity index (χ3n) is 4.35. The number of hydrogen-bond acceptors (Lipinski definition) is 2. The highest BCUT2D eigenvalue weighted by Gasteiger charge is 2.36. The maximum atomic E-state index is 13.0. The summed E-state index contributed by atoms with van der Waals surface area (Å²) in [4.78, 5) is 13.0. The van der Waals surface area contributed by atoms with Crippen LogP contribution in [0.15, 0.2) is 60.8 Å². The molecule has 25 heavy (non-hydrogen) atoms. The first-order chi connectivity index (χ1) is 12.0. The molecule has 3 rings (SSSR count). The van der Waals surface area contributed by atoms with Crippen molar-refractivity contribution in [1.82, 2.24) is 10.6 Å². The van der Waals surface area contributed by atoms with Gasteiger partial charge in [-0.3, -0.25) is 4.79 Å². The fourth-order valence-electron chi connectivity index (χ4n) is 3.10. The molecule has 2 unspecified atom stereocenters. The predicted molar refractivity (Wildman–Crippen MR) is 105 cm³/mol. The molecule has 1 aliphatic heterocycles. The molecule has 0 radical (unpaired) electrons. The Labute approximate surface area is 153 Å². The lowest BCUT2D eigenvalue weighted by Gasteiger charge is -2.35. The first kappa shape index (κ1) is 17.2. The van der Waals surface area contributed by atoms with Gasteiger partial charge in [0.1, 0.15) is 5.92 Å². The molecule has 1 aliphatic rings. The van der Waals surface area contributed by atoms with Crippen molar-refractivity contribution in [2.24, 2.45) is 5.92 Å². The summed E-state index contributed by atoms with van der Waals surface area (Å²) in [6, 6.07) is 15.5. The smallest absolute Gasteiger partial charge is 0.235 e. The summed E-state index contributed by atoms with van der Waals surface area (Å²) in [6.45, 7) is 8.04. The quantitative estimate of drug-likeness (QED) is 0.740. The minimum Gasteiger partial charge on any atom is -0.354 e. The molecule has 1 amide bonds. The number of benzene rings is 2. The number of anilines is 1. The zero-order valence-electron chi connectivity index (χ0n) is 14.3. The molecule has 2 aromatic rings. The number of carbonyl (C=O) groups excluding carboxylic acids is 1. The Morgan fingerprint density at radius 2 is 1.88 bits per heavy atom. The van der Waals surface area contributed by atoms with Gasteiger partial charge in [0.2, 0.25) is 5.91 Å². The molecule has 2 aromatic carbocycles. The van der Waals surface area contributed by atoms with Crippen LogP contribution in [0.3, 0.4) is 0 Å². The van der Waals surface area contributed by atoms with Crippen molar-refractivity contribution in [2.45, 2.75) is 19.9 Å². The van der Waals surface area contributed by atoms with Gasteiger partial charge in [-0.25, -0.2) is 0 Å². The van der Waals surface area contributed by atoms with E-state index in [1.165, 1.54) is 0 Å². The van der Waals surface area contributed by atoms with E-state index in [0.717, 1.165) is 22.4 Å². The average Bonchev–Trinajstić information content (AvgIpc) is 2.57. The van der Waals surface area contributed by atoms with Crippen LogP contribution in [-0.4, -0.2) is 11.0 Å². The second kappa shape index (κ2) is 7.07. The van der Waals surface area contributed by atoms with Gasteiger partial charge < -0.3 is 16.0 Å². The summed E-state index contributed by atoms with van der Waals surface area (Å²) in [6.07, 6.45) is 0. The Morgan fingerprint density at radius 1 is 1.16 bits per heavy atom. The molecule has 0 bridgehead atoms. The Bertz CT molecular complexity index is 832. The van der Waals surface area contributed by atoms with Crippen LogP contribution in [0.1, 0.15) is 22.7 Å². The standard InChI is InChI=1S/C20H21N3OS/c1-12-9-10-16(13(2)11-12)22-19(24)17-14(3)21-20(25)23-18(17)15-7-5-4-6-8-15/h4-11,17-18H,3H2,1-2H3,(H,22,24)(H2,21,23,25). The highest BCUT2D eigenvalue weighted by atomic mass is 32.1. The molecule has 128 valence electrons. The van der Waals surface area contributed by atoms with Gasteiger partial charge in [0.05, 0.1) is 6.04 Å². The minimum absolute atomic E-state index is 0.117. The molecule has 5 heteroatoms. The topological polar surface area (TPSA) is 53.2 Å². The molecule has 0 aromatic heterocycles. The van der Waals surface area contributed by atoms with Crippen molar-refractivity contribution >= 4 is 28.9 Å². The molecule has 0 aliphatic carbocycles. The van der Waals surface area contributed by atoms with Crippen molar-refractivity contribution in [1.29, 1.82) is 0 Å². The highest BCUT2D eigenvalue weighted by Crippen LogP contribution is 2.30. The van der Waals surface area contributed by atoms with Crippen molar-refractivity contribution in [3.63, 3.8) is 0 Å². The van der Waals surface area contributed by atoms with E-state index in [2.05, 4.69) is 22.5 Å². The third-order valence-corrected chi connectivity index (χ3v) is 4.57. The van der Waals surface area contributed by atoms with E-state index in [1.807, 2.05) is 62.4 Å². The van der Waals surface area contributed by atoms with Gasteiger partial charge in [-0.15, -0.1) is 0 Å². The molecule has 4 nitrogen and oxygen atoms in total. The number of aryl methyl sites for hydroxylation is 2. The lowest BCUT2D eigenvalue weighted by molar-refractivity contribution is -0.119. The van der Waals surface area contributed by atoms with Crippen LogP contribution in [0, 0.1) is 19.8 Å². The van der Waals surface area contributed by atoms with Gasteiger partial charge in [-0.1, -0.05) is 54.6 Å². The number of rotatable bonds is 3. The van der Waals surface area contributed by atoms with Crippen molar-refractivity contribution in [3.05, 3.63) is 77.5 Å². The molecule has 0 spiro atoms. The number of carbonyl (C=O) groups is 1. The lowest BCUT2D eigenvalue weighted by atomic mass is 9.88. The van der Waals surface area contributed by atoms with E-state index < -0.39 is 5.92 Å². The van der Waals surface area contributed by atoms with Gasteiger partial charge in [-0.2, -0.15) is 0 Å². The van der Waals surface area contributed by atoms with Gasteiger partial charge in [0.25, 0.3) is 0 Å². The van der Waals surface area contributed by atoms with Crippen LogP contribution in [0.4, 0.5) is 5.69 Å². The van der Waals surface area contributed by atoms with Gasteiger partial charge >= 0.3 is 0 Å². The fourth-order valence-corrected chi connectivity index (χ4v) is 3.35. The maximum absolute atomic E-state index is 13.0. The van der Waals surface area contributed by atoms with E-state index in [1.54, 1.807) is 0 Å². The van der Waals surface area contributed by atoms with Gasteiger partial charge in [0, 0.05) is 11.4 Å². The summed E-state index contributed by atoms with van der Waals surface area (Å²) in [5, 5.41) is 9.70. The van der Waals surface area contributed by atoms with Gasteiger partial charge in [0.15, 0.2) is 5.11 Å². The van der Waals surface area contributed by atoms with Crippen LogP contribution in [0.5, 0.6) is 0 Å². The monoisotopic (exact) mass is 351 g/mol. The number of thiocarbonyl (C=S) groups is 1. The predicted octanol–water partition coefficient (Wildman–Crippen LogP) is 3.59. The number of amides is 1. The summed E-state index contributed by atoms with van der Waals surface area (Å²) in [7, 11) is 0. The van der Waals surface area contributed by atoms with Crippen LogP contribution >= 0.6 is 12.2 Å². The first-order valence-corrected chi connectivity index (χ1v) is 8.56. The average molecular weight is 351 g/mol. The second-order valence-electron chi connectivity index (χ2n) is 6.30. The van der Waals surface area contributed by atoms with Crippen LogP contribution in [0.2, 0.25) is 0 Å². The maximum Gasteiger partial charge on any atom is 0.235 e. The van der Waals surface area contributed by atoms with Crippen molar-refractivity contribution in [2.75, 3.05) is 5.32 Å². The summed E-state index contributed by atoms with van der Waals surface area (Å²) >= 11 is 5.25. The zero-order chi connectivity index (χ0) is 18.0. The molecule has 3 N–H and O–H groups in total. The second-order valence-corrected chi connectivity index (χ2v) is 6.71. The summed E-state index contributed by atoms with van der Waals surface area (Å²) in [5.74, 6) is -0.594. The Hall–Kier alpha value is -2.66. The van der Waals surface area contributed by atoms with E-state index >= 15 is 0 Å². The molecule has 1 saturated heterocycles. The molecule has 1 heterocycles. The van der Waals surface area contributed by atoms with Crippen LogP contribution in [0.25, 0.3) is 0 Å².